The van der Waals surface area contributed by atoms with Crippen LogP contribution in [0.4, 0.5) is 0 Å². The number of methoxy groups -OCH3 is 2. The summed E-state index contributed by atoms with van der Waals surface area (Å²) < 4.78 is 10.4. The number of rotatable bonds is 6. The van der Waals surface area contributed by atoms with E-state index in [9.17, 15) is 9.90 Å². The second kappa shape index (κ2) is 6.28. The van der Waals surface area contributed by atoms with Gasteiger partial charge in [0.25, 0.3) is 0 Å². The Bertz CT molecular complexity index is 412. The fraction of sp³-hybridized carbons (Fsp3) is 0.500. The second-order valence-corrected chi connectivity index (χ2v) is 4.58. The van der Waals surface area contributed by atoms with E-state index in [1.165, 1.54) is 0 Å². The number of hydrogen-bond acceptors (Lipinski definition) is 3. The van der Waals surface area contributed by atoms with E-state index in [4.69, 9.17) is 9.47 Å². The topological polar surface area (TPSA) is 55.8 Å². The zero-order valence-electron chi connectivity index (χ0n) is 11.3. The van der Waals surface area contributed by atoms with E-state index >= 15 is 0 Å². The van der Waals surface area contributed by atoms with Crippen LogP contribution in [0.15, 0.2) is 18.2 Å². The Morgan fingerprint density at radius 2 is 1.83 bits per heavy atom. The van der Waals surface area contributed by atoms with E-state index < -0.39 is 5.97 Å². The molecule has 0 saturated carbocycles. The average Bonchev–Trinajstić information content (AvgIpc) is 2.34. The molecular formula is C14H20O4. The van der Waals surface area contributed by atoms with Crippen LogP contribution in [0.25, 0.3) is 0 Å². The third kappa shape index (κ3) is 3.39. The lowest BCUT2D eigenvalue weighted by atomic mass is 9.89. The van der Waals surface area contributed by atoms with Gasteiger partial charge < -0.3 is 14.6 Å². The summed E-state index contributed by atoms with van der Waals surface area (Å²) in [7, 11) is 3.14. The van der Waals surface area contributed by atoms with Gasteiger partial charge in [-0.15, -0.1) is 0 Å². The Hall–Kier alpha value is -1.71. The van der Waals surface area contributed by atoms with Gasteiger partial charge in [-0.1, -0.05) is 19.9 Å². The molecule has 0 spiro atoms. The minimum atomic E-state index is -0.764. The zero-order valence-corrected chi connectivity index (χ0v) is 11.3. The van der Waals surface area contributed by atoms with E-state index in [1.807, 2.05) is 26.0 Å². The number of ether oxygens (including phenoxy) is 2. The Morgan fingerprint density at radius 3 is 2.28 bits per heavy atom. The van der Waals surface area contributed by atoms with Crippen LogP contribution in [-0.2, 0) is 11.2 Å². The largest absolute Gasteiger partial charge is 0.493 e. The summed E-state index contributed by atoms with van der Waals surface area (Å²) in [6, 6.07) is 5.50. The summed E-state index contributed by atoms with van der Waals surface area (Å²) >= 11 is 0. The molecule has 0 saturated heterocycles. The summed E-state index contributed by atoms with van der Waals surface area (Å²) in [4.78, 5) is 11.2. The van der Waals surface area contributed by atoms with Crippen LogP contribution in [-0.4, -0.2) is 25.3 Å². The highest BCUT2D eigenvalue weighted by Gasteiger charge is 2.22. The molecule has 1 aromatic carbocycles. The highest BCUT2D eigenvalue weighted by atomic mass is 16.5. The maximum atomic E-state index is 11.2. The van der Waals surface area contributed by atoms with Crippen molar-refractivity contribution < 1.29 is 19.4 Å². The van der Waals surface area contributed by atoms with E-state index in [0.717, 1.165) is 5.56 Å². The molecule has 4 nitrogen and oxygen atoms in total. The smallest absolute Gasteiger partial charge is 0.307 e. The van der Waals surface area contributed by atoms with E-state index in [-0.39, 0.29) is 11.8 Å². The van der Waals surface area contributed by atoms with Gasteiger partial charge in [-0.25, -0.2) is 0 Å². The van der Waals surface area contributed by atoms with Gasteiger partial charge in [-0.2, -0.15) is 0 Å². The molecular weight excluding hydrogens is 232 g/mol. The molecule has 4 heteroatoms. The molecule has 18 heavy (non-hydrogen) atoms. The fourth-order valence-electron chi connectivity index (χ4n) is 1.87. The number of aliphatic carboxylic acids is 1. The van der Waals surface area contributed by atoms with Gasteiger partial charge in [0.1, 0.15) is 0 Å². The van der Waals surface area contributed by atoms with Gasteiger partial charge >= 0.3 is 5.97 Å². The van der Waals surface area contributed by atoms with E-state index in [1.54, 1.807) is 20.3 Å². The highest BCUT2D eigenvalue weighted by molar-refractivity contribution is 5.70. The van der Waals surface area contributed by atoms with Gasteiger partial charge in [0.05, 0.1) is 20.1 Å². The van der Waals surface area contributed by atoms with Crippen LogP contribution >= 0.6 is 0 Å². The molecule has 1 rings (SSSR count). The van der Waals surface area contributed by atoms with Gasteiger partial charge in [-0.3, -0.25) is 4.79 Å². The maximum absolute atomic E-state index is 11.2. The number of carbonyl (C=O) groups is 1. The third-order valence-corrected chi connectivity index (χ3v) is 3.03. The molecule has 0 heterocycles. The lowest BCUT2D eigenvalue weighted by molar-refractivity contribution is -0.143. The predicted molar refractivity (Wildman–Crippen MR) is 69.2 cm³/mol. The second-order valence-electron chi connectivity index (χ2n) is 4.58. The van der Waals surface area contributed by atoms with Crippen molar-refractivity contribution in [2.45, 2.75) is 20.3 Å². The fourth-order valence-corrected chi connectivity index (χ4v) is 1.87. The molecule has 1 unspecified atom stereocenters. The van der Waals surface area contributed by atoms with Crippen molar-refractivity contribution >= 4 is 5.97 Å². The minimum absolute atomic E-state index is 0.0931. The first kappa shape index (κ1) is 14.4. The molecule has 0 amide bonds. The maximum Gasteiger partial charge on any atom is 0.307 e. The quantitative estimate of drug-likeness (QED) is 0.845. The van der Waals surface area contributed by atoms with Gasteiger partial charge in [0, 0.05) is 0 Å². The molecule has 0 aliphatic carbocycles. The Morgan fingerprint density at radius 1 is 1.22 bits per heavy atom. The molecule has 1 N–H and O–H groups in total. The number of hydrogen-bond donors (Lipinski definition) is 1. The van der Waals surface area contributed by atoms with Crippen LogP contribution in [0, 0.1) is 11.8 Å². The van der Waals surface area contributed by atoms with Crippen LogP contribution in [0.5, 0.6) is 11.5 Å². The standard InChI is InChI=1S/C14H20O4/c1-9(2)11(14(15)16)7-10-5-6-12(17-3)13(8-10)18-4/h5-6,8-9,11H,7H2,1-4H3,(H,15,16). The van der Waals surface area contributed by atoms with Crippen molar-refractivity contribution in [2.24, 2.45) is 11.8 Å². The van der Waals surface area contributed by atoms with Crippen molar-refractivity contribution in [3.63, 3.8) is 0 Å². The lowest BCUT2D eigenvalue weighted by Gasteiger charge is -2.17. The normalized spacial score (nSPS) is 12.3. The van der Waals surface area contributed by atoms with E-state index in [2.05, 4.69) is 0 Å². The molecule has 0 aliphatic rings. The van der Waals surface area contributed by atoms with Crippen molar-refractivity contribution in [3.05, 3.63) is 23.8 Å². The minimum Gasteiger partial charge on any atom is -0.493 e. The Balaban J connectivity index is 2.93. The van der Waals surface area contributed by atoms with Crippen LogP contribution in [0.3, 0.4) is 0 Å². The van der Waals surface area contributed by atoms with Crippen LogP contribution in [0.2, 0.25) is 0 Å². The number of benzene rings is 1. The van der Waals surface area contributed by atoms with E-state index in [0.29, 0.717) is 17.9 Å². The molecule has 100 valence electrons. The molecule has 0 aliphatic heterocycles. The summed E-state index contributed by atoms with van der Waals surface area (Å²) in [5.41, 5.74) is 0.939. The first-order chi connectivity index (χ1) is 8.49. The predicted octanol–water partition coefficient (Wildman–Crippen LogP) is 2.60. The Kier molecular flexibility index (Phi) is 5.01. The van der Waals surface area contributed by atoms with Gasteiger partial charge in [0.2, 0.25) is 0 Å². The SMILES string of the molecule is COc1ccc(CC(C(=O)O)C(C)C)cc1OC. The molecule has 1 aromatic rings. The molecule has 1 atom stereocenters. The summed E-state index contributed by atoms with van der Waals surface area (Å²) in [6.07, 6.45) is 0.493. The van der Waals surface area contributed by atoms with Crippen LogP contribution in [0.1, 0.15) is 19.4 Å². The molecule has 0 fully saturated rings. The monoisotopic (exact) mass is 252 g/mol. The van der Waals surface area contributed by atoms with Crippen molar-refractivity contribution in [3.8, 4) is 11.5 Å². The third-order valence-electron chi connectivity index (χ3n) is 3.03. The van der Waals surface area contributed by atoms with Crippen molar-refractivity contribution in [2.75, 3.05) is 14.2 Å². The van der Waals surface area contributed by atoms with Crippen LogP contribution < -0.4 is 9.47 Å². The zero-order chi connectivity index (χ0) is 13.7. The first-order valence-corrected chi connectivity index (χ1v) is 5.93. The number of carboxylic acids is 1. The Labute approximate surface area is 108 Å². The molecule has 0 bridgehead atoms. The van der Waals surface area contributed by atoms with Crippen molar-refractivity contribution in [1.29, 1.82) is 0 Å². The van der Waals surface area contributed by atoms with Gasteiger partial charge in [-0.05, 0) is 30.0 Å². The highest BCUT2D eigenvalue weighted by Crippen LogP contribution is 2.29. The lowest BCUT2D eigenvalue weighted by Crippen LogP contribution is -2.22. The summed E-state index contributed by atoms with van der Waals surface area (Å²) in [5.74, 6) is 0.221. The molecule has 0 aromatic heterocycles. The number of carboxylic acid groups (broad SMARTS) is 1. The summed E-state index contributed by atoms with van der Waals surface area (Å²) in [6.45, 7) is 3.83. The average molecular weight is 252 g/mol. The molecule has 0 radical (unpaired) electrons. The van der Waals surface area contributed by atoms with Crippen molar-refractivity contribution in [1.82, 2.24) is 0 Å². The summed E-state index contributed by atoms with van der Waals surface area (Å²) in [5, 5.41) is 9.18. The van der Waals surface area contributed by atoms with Gasteiger partial charge in [0.15, 0.2) is 11.5 Å². The first-order valence-electron chi connectivity index (χ1n) is 5.93.